The van der Waals surface area contributed by atoms with E-state index in [1.54, 1.807) is 0 Å². The van der Waals surface area contributed by atoms with Crippen molar-refractivity contribution in [2.75, 3.05) is 5.32 Å². The Hall–Kier alpha value is -1.29. The molecule has 1 aliphatic rings. The molecule has 1 amide bonds. The summed E-state index contributed by atoms with van der Waals surface area (Å²) in [7, 11) is 1.99. The molecule has 4 nitrogen and oxygen atoms in total. The first-order valence-corrected chi connectivity index (χ1v) is 4.81. The van der Waals surface area contributed by atoms with Crippen LogP contribution in [0.3, 0.4) is 0 Å². The van der Waals surface area contributed by atoms with E-state index in [-0.39, 0.29) is 11.9 Å². The second-order valence-corrected chi connectivity index (χ2v) is 3.88. The molecule has 2 rings (SSSR count). The lowest BCUT2D eigenvalue weighted by atomic mass is 10.1. The van der Waals surface area contributed by atoms with Crippen LogP contribution < -0.4 is 11.1 Å². The van der Waals surface area contributed by atoms with Crippen molar-refractivity contribution in [3.63, 3.8) is 0 Å². The highest BCUT2D eigenvalue weighted by atomic mass is 16.2. The van der Waals surface area contributed by atoms with Gasteiger partial charge in [0.15, 0.2) is 0 Å². The molecule has 0 spiro atoms. The number of anilines is 1. The Morgan fingerprint density at radius 3 is 3.07 bits per heavy atom. The fourth-order valence-electron chi connectivity index (χ4n) is 1.95. The molecule has 76 valence electrons. The van der Waals surface area contributed by atoms with Crippen molar-refractivity contribution >= 4 is 11.6 Å². The van der Waals surface area contributed by atoms with Gasteiger partial charge in [0.1, 0.15) is 0 Å². The van der Waals surface area contributed by atoms with Gasteiger partial charge >= 0.3 is 0 Å². The molecular weight excluding hydrogens is 178 g/mol. The molecule has 2 heterocycles. The summed E-state index contributed by atoms with van der Waals surface area (Å²) in [5.74, 6) is -0.0712. The molecule has 3 N–H and O–H groups in total. The average molecular weight is 193 g/mol. The van der Waals surface area contributed by atoms with Gasteiger partial charge in [-0.1, -0.05) is 0 Å². The molecule has 4 heteroatoms. The maximum Gasteiger partial charge on any atom is 0.241 e. The first kappa shape index (κ1) is 9.27. The molecule has 1 aromatic rings. The van der Waals surface area contributed by atoms with Crippen LogP contribution in [0, 0.1) is 6.92 Å². The lowest BCUT2D eigenvalue weighted by Crippen LogP contribution is -2.34. The largest absolute Gasteiger partial charge is 0.352 e. The minimum Gasteiger partial charge on any atom is -0.352 e. The van der Waals surface area contributed by atoms with Gasteiger partial charge in [-0.05, 0) is 25.3 Å². The van der Waals surface area contributed by atoms with Gasteiger partial charge in [0.2, 0.25) is 5.91 Å². The fraction of sp³-hybridized carbons (Fsp3) is 0.500. The van der Waals surface area contributed by atoms with Crippen LogP contribution in [0.2, 0.25) is 0 Å². The number of fused-ring (bicyclic) bond motifs is 1. The Morgan fingerprint density at radius 2 is 2.36 bits per heavy atom. The third-order valence-electron chi connectivity index (χ3n) is 2.77. The highest BCUT2D eigenvalue weighted by Crippen LogP contribution is 2.26. The predicted molar refractivity (Wildman–Crippen MR) is 55.1 cm³/mol. The van der Waals surface area contributed by atoms with Gasteiger partial charge in [-0.25, -0.2) is 0 Å². The minimum absolute atomic E-state index is 0.0712. The SMILES string of the molecule is Cc1cn(C)c2c1NC(=O)C(N)CC2. The van der Waals surface area contributed by atoms with Gasteiger partial charge in [0.25, 0.3) is 0 Å². The summed E-state index contributed by atoms with van der Waals surface area (Å²) in [5.41, 5.74) is 8.92. The fourth-order valence-corrected chi connectivity index (χ4v) is 1.95. The molecule has 0 aliphatic carbocycles. The minimum atomic E-state index is -0.373. The zero-order valence-electron chi connectivity index (χ0n) is 8.50. The van der Waals surface area contributed by atoms with Crippen LogP contribution in [-0.4, -0.2) is 16.5 Å². The van der Waals surface area contributed by atoms with E-state index in [0.717, 1.165) is 24.1 Å². The predicted octanol–water partition coefficient (Wildman–Crippen LogP) is 0.546. The lowest BCUT2D eigenvalue weighted by molar-refractivity contribution is -0.117. The molecule has 0 radical (unpaired) electrons. The number of carbonyl (C=O) groups excluding carboxylic acids is 1. The van der Waals surface area contributed by atoms with E-state index in [9.17, 15) is 4.79 Å². The van der Waals surface area contributed by atoms with Gasteiger partial charge in [0.05, 0.1) is 11.7 Å². The smallest absolute Gasteiger partial charge is 0.241 e. The first-order valence-electron chi connectivity index (χ1n) is 4.81. The normalized spacial score (nSPS) is 21.4. The number of carbonyl (C=O) groups is 1. The Balaban J connectivity index is 2.44. The number of hydrogen-bond acceptors (Lipinski definition) is 2. The Bertz CT molecular complexity index is 381. The van der Waals surface area contributed by atoms with E-state index < -0.39 is 0 Å². The van der Waals surface area contributed by atoms with Gasteiger partial charge in [-0.3, -0.25) is 4.79 Å². The Labute approximate surface area is 83.1 Å². The van der Waals surface area contributed by atoms with Crippen LogP contribution in [0.15, 0.2) is 6.20 Å². The van der Waals surface area contributed by atoms with E-state index >= 15 is 0 Å². The van der Waals surface area contributed by atoms with Crippen molar-refractivity contribution in [2.45, 2.75) is 25.8 Å². The van der Waals surface area contributed by atoms with Crippen molar-refractivity contribution in [3.05, 3.63) is 17.5 Å². The summed E-state index contributed by atoms with van der Waals surface area (Å²) >= 11 is 0. The molecule has 14 heavy (non-hydrogen) atoms. The summed E-state index contributed by atoms with van der Waals surface area (Å²) in [6.45, 7) is 2.00. The highest BCUT2D eigenvalue weighted by Gasteiger charge is 2.23. The third kappa shape index (κ3) is 1.32. The summed E-state index contributed by atoms with van der Waals surface area (Å²) in [6.07, 6.45) is 3.61. The summed E-state index contributed by atoms with van der Waals surface area (Å²) in [5, 5.41) is 2.88. The number of hydrogen-bond donors (Lipinski definition) is 2. The van der Waals surface area contributed by atoms with Crippen LogP contribution in [-0.2, 0) is 18.3 Å². The molecule has 0 saturated heterocycles. The zero-order valence-corrected chi connectivity index (χ0v) is 8.50. The van der Waals surface area contributed by atoms with E-state index in [1.165, 1.54) is 5.69 Å². The molecule has 1 aromatic heterocycles. The van der Waals surface area contributed by atoms with E-state index in [4.69, 9.17) is 5.73 Å². The van der Waals surface area contributed by atoms with E-state index in [0.29, 0.717) is 0 Å². The van der Waals surface area contributed by atoms with Crippen LogP contribution in [0.4, 0.5) is 5.69 Å². The first-order chi connectivity index (χ1) is 6.59. The number of nitrogens with one attached hydrogen (secondary N) is 1. The maximum atomic E-state index is 11.5. The van der Waals surface area contributed by atoms with Crippen molar-refractivity contribution < 1.29 is 4.79 Å². The van der Waals surface area contributed by atoms with Gasteiger partial charge in [0, 0.05) is 18.9 Å². The molecule has 0 saturated carbocycles. The number of nitrogens with zero attached hydrogens (tertiary/aromatic N) is 1. The number of aromatic nitrogens is 1. The maximum absolute atomic E-state index is 11.5. The topological polar surface area (TPSA) is 60.0 Å². The van der Waals surface area contributed by atoms with Crippen molar-refractivity contribution in [1.82, 2.24) is 4.57 Å². The van der Waals surface area contributed by atoms with Gasteiger partial charge < -0.3 is 15.6 Å². The lowest BCUT2D eigenvalue weighted by Gasteiger charge is -2.06. The molecule has 0 aromatic carbocycles. The zero-order chi connectivity index (χ0) is 10.3. The summed E-state index contributed by atoms with van der Waals surface area (Å²) < 4.78 is 2.06. The second kappa shape index (κ2) is 3.13. The van der Waals surface area contributed by atoms with E-state index in [2.05, 4.69) is 9.88 Å². The quantitative estimate of drug-likeness (QED) is 0.632. The number of amides is 1. The van der Waals surface area contributed by atoms with Crippen molar-refractivity contribution in [3.8, 4) is 0 Å². The molecule has 0 fully saturated rings. The van der Waals surface area contributed by atoms with Crippen LogP contribution in [0.25, 0.3) is 0 Å². The summed E-state index contributed by atoms with van der Waals surface area (Å²) in [6, 6.07) is -0.373. The highest BCUT2D eigenvalue weighted by molar-refractivity contribution is 5.96. The monoisotopic (exact) mass is 193 g/mol. The van der Waals surface area contributed by atoms with Gasteiger partial charge in [-0.15, -0.1) is 0 Å². The van der Waals surface area contributed by atoms with Crippen LogP contribution in [0.5, 0.6) is 0 Å². The van der Waals surface area contributed by atoms with Crippen LogP contribution in [0.1, 0.15) is 17.7 Å². The number of aryl methyl sites for hydroxylation is 2. The number of rotatable bonds is 0. The average Bonchev–Trinajstić information content (AvgIpc) is 2.31. The standard InChI is InChI=1S/C10H15N3O/c1-6-5-13(2)8-4-3-7(11)10(14)12-9(6)8/h5,7H,3-4,11H2,1-2H3,(H,12,14). The van der Waals surface area contributed by atoms with E-state index in [1.807, 2.05) is 20.2 Å². The van der Waals surface area contributed by atoms with Gasteiger partial charge in [-0.2, -0.15) is 0 Å². The molecule has 1 atom stereocenters. The van der Waals surface area contributed by atoms with Crippen LogP contribution >= 0.6 is 0 Å². The Kier molecular flexibility index (Phi) is 2.07. The molecule has 1 unspecified atom stereocenters. The molecule has 0 bridgehead atoms. The van der Waals surface area contributed by atoms with Crippen molar-refractivity contribution in [2.24, 2.45) is 12.8 Å². The number of nitrogens with two attached hydrogens (primary N) is 1. The molecular formula is C10H15N3O. The third-order valence-corrected chi connectivity index (χ3v) is 2.77. The van der Waals surface area contributed by atoms with Crippen molar-refractivity contribution in [1.29, 1.82) is 0 Å². The summed E-state index contributed by atoms with van der Waals surface area (Å²) in [4.78, 5) is 11.5. The Morgan fingerprint density at radius 1 is 1.64 bits per heavy atom. The molecule has 1 aliphatic heterocycles. The second-order valence-electron chi connectivity index (χ2n) is 3.88.